The molecule has 0 atom stereocenters. The molecule has 5 nitrogen and oxygen atoms in total. The van der Waals surface area contributed by atoms with E-state index in [1.807, 2.05) is 5.38 Å². The van der Waals surface area contributed by atoms with E-state index in [0.717, 1.165) is 11.4 Å². The summed E-state index contributed by atoms with van der Waals surface area (Å²) in [6.45, 7) is 1.04. The Balaban J connectivity index is 1.83. The summed E-state index contributed by atoms with van der Waals surface area (Å²) in [4.78, 5) is 17.9. The highest BCUT2D eigenvalue weighted by molar-refractivity contribution is 7.07. The zero-order valence-corrected chi connectivity index (χ0v) is 14.1. The van der Waals surface area contributed by atoms with E-state index in [-0.39, 0.29) is 5.91 Å². The van der Waals surface area contributed by atoms with Crippen LogP contribution in [0.25, 0.3) is 0 Å². The SMILES string of the molecule is COc1ccc(Cl)cc1NCCC(=O)N(C)Cc1cscn1. The Morgan fingerprint density at radius 1 is 1.50 bits per heavy atom. The molecule has 22 heavy (non-hydrogen) atoms. The van der Waals surface area contributed by atoms with Crippen LogP contribution >= 0.6 is 22.9 Å². The number of carbonyl (C=O) groups excluding carboxylic acids is 1. The van der Waals surface area contributed by atoms with Crippen molar-refractivity contribution in [1.82, 2.24) is 9.88 Å². The molecule has 1 amide bonds. The van der Waals surface area contributed by atoms with E-state index in [1.54, 1.807) is 42.8 Å². The van der Waals surface area contributed by atoms with Crippen molar-refractivity contribution in [2.75, 3.05) is 26.0 Å². The molecule has 1 N–H and O–H groups in total. The Morgan fingerprint density at radius 2 is 2.32 bits per heavy atom. The van der Waals surface area contributed by atoms with E-state index >= 15 is 0 Å². The van der Waals surface area contributed by atoms with Crippen molar-refractivity contribution in [2.24, 2.45) is 0 Å². The third-order valence-corrected chi connectivity index (χ3v) is 3.99. The van der Waals surface area contributed by atoms with Crippen LogP contribution in [0.5, 0.6) is 5.75 Å². The third-order valence-electron chi connectivity index (χ3n) is 3.12. The number of aromatic nitrogens is 1. The van der Waals surface area contributed by atoms with Gasteiger partial charge in [-0.25, -0.2) is 4.98 Å². The van der Waals surface area contributed by atoms with E-state index < -0.39 is 0 Å². The molecule has 0 radical (unpaired) electrons. The number of halogens is 1. The number of thiazole rings is 1. The number of rotatable bonds is 7. The standard InChI is InChI=1S/C15H18ClN3O2S/c1-19(8-12-9-22-10-18-12)15(20)5-6-17-13-7-11(16)3-4-14(13)21-2/h3-4,7,9-10,17H,5-6,8H2,1-2H3. The van der Waals surface area contributed by atoms with E-state index in [2.05, 4.69) is 10.3 Å². The summed E-state index contributed by atoms with van der Waals surface area (Å²) in [6.07, 6.45) is 0.385. The van der Waals surface area contributed by atoms with Gasteiger partial charge in [0.15, 0.2) is 0 Å². The Bertz CT molecular complexity index is 619. The molecule has 1 aromatic heterocycles. The number of amides is 1. The molecule has 0 bridgehead atoms. The third kappa shape index (κ3) is 4.61. The van der Waals surface area contributed by atoms with Crippen LogP contribution < -0.4 is 10.1 Å². The molecule has 0 unspecified atom stereocenters. The minimum Gasteiger partial charge on any atom is -0.495 e. The fourth-order valence-corrected chi connectivity index (χ4v) is 2.68. The second kappa shape index (κ2) is 8.00. The van der Waals surface area contributed by atoms with Gasteiger partial charge in [-0.05, 0) is 18.2 Å². The number of nitrogens with one attached hydrogen (secondary N) is 1. The van der Waals surface area contributed by atoms with Crippen LogP contribution in [0.4, 0.5) is 5.69 Å². The molecule has 0 aliphatic carbocycles. The highest BCUT2D eigenvalue weighted by atomic mass is 35.5. The Morgan fingerprint density at radius 3 is 3.00 bits per heavy atom. The summed E-state index contributed by atoms with van der Waals surface area (Å²) in [6, 6.07) is 5.34. The summed E-state index contributed by atoms with van der Waals surface area (Å²) in [5.74, 6) is 0.758. The number of nitrogens with zero attached hydrogens (tertiary/aromatic N) is 2. The molecule has 2 aromatic rings. The minimum absolute atomic E-state index is 0.0569. The van der Waals surface area contributed by atoms with Crippen molar-refractivity contribution in [2.45, 2.75) is 13.0 Å². The molecule has 1 aromatic carbocycles. The van der Waals surface area contributed by atoms with Gasteiger partial charge in [0.05, 0.1) is 30.5 Å². The van der Waals surface area contributed by atoms with Crippen LogP contribution in [0.2, 0.25) is 5.02 Å². The van der Waals surface area contributed by atoms with Gasteiger partial charge in [0.2, 0.25) is 5.91 Å². The molecule has 0 aliphatic heterocycles. The van der Waals surface area contributed by atoms with Gasteiger partial charge in [-0.15, -0.1) is 11.3 Å². The first-order valence-corrected chi connectivity index (χ1v) is 8.10. The normalized spacial score (nSPS) is 10.3. The van der Waals surface area contributed by atoms with Crippen LogP contribution in [0.1, 0.15) is 12.1 Å². The number of anilines is 1. The van der Waals surface area contributed by atoms with Gasteiger partial charge in [0.1, 0.15) is 5.75 Å². The van der Waals surface area contributed by atoms with Gasteiger partial charge in [-0.1, -0.05) is 11.6 Å². The molecule has 0 saturated heterocycles. The van der Waals surface area contributed by atoms with E-state index in [0.29, 0.717) is 30.3 Å². The Hall–Kier alpha value is -1.79. The molecular formula is C15H18ClN3O2S. The molecule has 2 rings (SSSR count). The fraction of sp³-hybridized carbons (Fsp3) is 0.333. The number of benzene rings is 1. The van der Waals surface area contributed by atoms with Crippen molar-refractivity contribution >= 4 is 34.5 Å². The maximum atomic E-state index is 12.1. The van der Waals surface area contributed by atoms with Gasteiger partial charge in [0.25, 0.3) is 0 Å². The second-order valence-corrected chi connectivity index (χ2v) is 5.91. The van der Waals surface area contributed by atoms with Crippen molar-refractivity contribution in [3.8, 4) is 5.75 Å². The lowest BCUT2D eigenvalue weighted by atomic mass is 10.2. The van der Waals surface area contributed by atoms with Crippen LogP contribution in [0, 0.1) is 0 Å². The lowest BCUT2D eigenvalue weighted by Gasteiger charge is -2.17. The Labute approximate surface area is 138 Å². The minimum atomic E-state index is 0.0569. The molecule has 7 heteroatoms. The van der Waals surface area contributed by atoms with Crippen molar-refractivity contribution in [3.63, 3.8) is 0 Å². The molecule has 0 fully saturated rings. The monoisotopic (exact) mass is 339 g/mol. The van der Waals surface area contributed by atoms with Crippen LogP contribution in [-0.4, -0.2) is 36.5 Å². The molecule has 118 valence electrons. The number of hydrogen-bond acceptors (Lipinski definition) is 5. The van der Waals surface area contributed by atoms with E-state index in [9.17, 15) is 4.79 Å². The Kier molecular flexibility index (Phi) is 6.03. The number of ether oxygens (including phenoxy) is 1. The van der Waals surface area contributed by atoms with E-state index in [1.165, 1.54) is 11.3 Å². The van der Waals surface area contributed by atoms with Gasteiger partial charge in [0, 0.05) is 30.4 Å². The summed E-state index contributed by atoms with van der Waals surface area (Å²) in [5.41, 5.74) is 3.45. The number of hydrogen-bond donors (Lipinski definition) is 1. The average molecular weight is 340 g/mol. The number of methoxy groups -OCH3 is 1. The fourth-order valence-electron chi connectivity index (χ4n) is 1.96. The molecular weight excluding hydrogens is 322 g/mol. The molecule has 1 heterocycles. The van der Waals surface area contributed by atoms with Crippen LogP contribution in [-0.2, 0) is 11.3 Å². The van der Waals surface area contributed by atoms with Gasteiger partial charge in [-0.2, -0.15) is 0 Å². The molecule has 0 spiro atoms. The number of carbonyl (C=O) groups is 1. The van der Waals surface area contributed by atoms with Crippen molar-refractivity contribution in [1.29, 1.82) is 0 Å². The largest absolute Gasteiger partial charge is 0.495 e. The first-order chi connectivity index (χ1) is 10.6. The topological polar surface area (TPSA) is 54.5 Å². The van der Waals surface area contributed by atoms with Crippen molar-refractivity contribution in [3.05, 3.63) is 39.8 Å². The predicted molar refractivity (Wildman–Crippen MR) is 89.7 cm³/mol. The first-order valence-electron chi connectivity index (χ1n) is 6.78. The second-order valence-electron chi connectivity index (χ2n) is 4.75. The zero-order chi connectivity index (χ0) is 15.9. The predicted octanol–water partition coefficient (Wildman–Crippen LogP) is 3.27. The highest BCUT2D eigenvalue weighted by Crippen LogP contribution is 2.27. The van der Waals surface area contributed by atoms with E-state index in [4.69, 9.17) is 16.3 Å². The zero-order valence-electron chi connectivity index (χ0n) is 12.5. The maximum Gasteiger partial charge on any atom is 0.224 e. The highest BCUT2D eigenvalue weighted by Gasteiger charge is 2.10. The van der Waals surface area contributed by atoms with Gasteiger partial charge < -0.3 is 15.0 Å². The maximum absolute atomic E-state index is 12.1. The smallest absolute Gasteiger partial charge is 0.224 e. The first kappa shape index (κ1) is 16.6. The summed E-state index contributed by atoms with van der Waals surface area (Å²) in [5, 5.41) is 5.74. The lowest BCUT2D eigenvalue weighted by Crippen LogP contribution is -2.27. The van der Waals surface area contributed by atoms with Gasteiger partial charge >= 0.3 is 0 Å². The molecule has 0 saturated carbocycles. The van der Waals surface area contributed by atoms with Crippen molar-refractivity contribution < 1.29 is 9.53 Å². The average Bonchev–Trinajstić information content (AvgIpc) is 3.00. The molecule has 0 aliphatic rings. The summed E-state index contributed by atoms with van der Waals surface area (Å²) >= 11 is 7.49. The van der Waals surface area contributed by atoms with Crippen LogP contribution in [0.3, 0.4) is 0 Å². The summed E-state index contributed by atoms with van der Waals surface area (Å²) in [7, 11) is 3.38. The lowest BCUT2D eigenvalue weighted by molar-refractivity contribution is -0.130. The van der Waals surface area contributed by atoms with Crippen LogP contribution in [0.15, 0.2) is 29.1 Å². The van der Waals surface area contributed by atoms with Gasteiger partial charge in [-0.3, -0.25) is 4.79 Å². The quantitative estimate of drug-likeness (QED) is 0.841. The summed E-state index contributed by atoms with van der Waals surface area (Å²) < 4.78 is 5.25.